The third-order valence-electron chi connectivity index (χ3n) is 3.47. The molecule has 2 aliphatic heterocycles. The molecule has 110 valence electrons. The highest BCUT2D eigenvalue weighted by Gasteiger charge is 2.37. The van der Waals surface area contributed by atoms with Crippen LogP contribution in [0.1, 0.15) is 40.5 Å². The summed E-state index contributed by atoms with van der Waals surface area (Å²) in [5.41, 5.74) is -0.159. The number of nitrogens with one attached hydrogen (secondary N) is 1. The first-order chi connectivity index (χ1) is 9.20. The van der Waals surface area contributed by atoms with Gasteiger partial charge in [-0.05, 0) is 46.6 Å². The van der Waals surface area contributed by atoms with Gasteiger partial charge in [-0.2, -0.15) is 0 Å². The van der Waals surface area contributed by atoms with Gasteiger partial charge in [-0.15, -0.1) is 0 Å². The van der Waals surface area contributed by atoms with Gasteiger partial charge in [-0.25, -0.2) is 0 Å². The number of fused-ring (bicyclic) bond motifs is 1. The van der Waals surface area contributed by atoms with E-state index in [1.807, 2.05) is 45.7 Å². The third kappa shape index (κ3) is 2.71. The Morgan fingerprint density at radius 2 is 2.05 bits per heavy atom. The lowest BCUT2D eigenvalue weighted by Crippen LogP contribution is -2.51. The van der Waals surface area contributed by atoms with Crippen LogP contribution in [0.25, 0.3) is 0 Å². The van der Waals surface area contributed by atoms with Gasteiger partial charge >= 0.3 is 0 Å². The van der Waals surface area contributed by atoms with Crippen LogP contribution in [0.3, 0.4) is 0 Å². The number of carbonyl (C=O) groups excluding carboxylic acids is 2. The maximum atomic E-state index is 12.6. The molecule has 0 bridgehead atoms. The fourth-order valence-corrected chi connectivity index (χ4v) is 2.53. The minimum absolute atomic E-state index is 0.121. The van der Waals surface area contributed by atoms with Crippen molar-refractivity contribution in [2.45, 2.75) is 52.1 Å². The molecule has 0 saturated carbocycles. The summed E-state index contributed by atoms with van der Waals surface area (Å²) in [4.78, 5) is 28.4. The number of amides is 2. The molecule has 1 unspecified atom stereocenters. The number of hydrogen-bond donors (Lipinski definition) is 1. The fraction of sp³-hybridized carbons (Fsp3) is 0.600. The summed E-state index contributed by atoms with van der Waals surface area (Å²) in [5.74, 6) is 0.357. The summed E-state index contributed by atoms with van der Waals surface area (Å²) in [5, 5.41) is 2.85. The highest BCUT2D eigenvalue weighted by atomic mass is 16.2. The molecule has 1 atom stereocenters. The highest BCUT2D eigenvalue weighted by Crippen LogP contribution is 2.29. The molecular formula is C15H23N3O2. The van der Waals surface area contributed by atoms with E-state index in [1.54, 1.807) is 11.1 Å². The lowest BCUT2D eigenvalue weighted by molar-refractivity contribution is -0.132. The summed E-state index contributed by atoms with van der Waals surface area (Å²) < 4.78 is 0. The average molecular weight is 277 g/mol. The van der Waals surface area contributed by atoms with Gasteiger partial charge in [-0.3, -0.25) is 14.5 Å². The number of hydrogen-bond acceptors (Lipinski definition) is 3. The van der Waals surface area contributed by atoms with Crippen molar-refractivity contribution >= 4 is 11.8 Å². The summed E-state index contributed by atoms with van der Waals surface area (Å²) in [6, 6.07) is 0.121. The number of carbonyl (C=O) groups is 2. The summed E-state index contributed by atoms with van der Waals surface area (Å²) in [6.07, 6.45) is 5.57. The molecule has 2 rings (SSSR count). The Labute approximate surface area is 120 Å². The van der Waals surface area contributed by atoms with Gasteiger partial charge in [0.1, 0.15) is 11.4 Å². The first kappa shape index (κ1) is 14.6. The molecule has 5 nitrogen and oxygen atoms in total. The van der Waals surface area contributed by atoms with Crippen LogP contribution in [0.4, 0.5) is 0 Å². The largest absolute Gasteiger partial charge is 0.347 e. The first-order valence-electron chi connectivity index (χ1n) is 7.01. The van der Waals surface area contributed by atoms with Gasteiger partial charge in [0.2, 0.25) is 0 Å². The second kappa shape index (κ2) is 4.96. The molecule has 0 aromatic heterocycles. The van der Waals surface area contributed by atoms with Gasteiger partial charge < -0.3 is 10.2 Å². The topological polar surface area (TPSA) is 52.7 Å². The van der Waals surface area contributed by atoms with Gasteiger partial charge in [0.15, 0.2) is 0 Å². The zero-order valence-electron chi connectivity index (χ0n) is 12.9. The Kier molecular flexibility index (Phi) is 3.63. The standard InChI is InChI=1S/C15H23N3O2/c1-10-7-6-8-12-17(5)9-11(14(20)18(10)12)13(19)16-15(2,3)4/h8-10H,6-7H2,1-5H3,(H,16,19). The van der Waals surface area contributed by atoms with E-state index >= 15 is 0 Å². The van der Waals surface area contributed by atoms with Crippen molar-refractivity contribution in [3.05, 3.63) is 23.7 Å². The van der Waals surface area contributed by atoms with Gasteiger partial charge in [0.05, 0.1) is 0 Å². The van der Waals surface area contributed by atoms with E-state index in [4.69, 9.17) is 0 Å². The lowest BCUT2D eigenvalue weighted by Gasteiger charge is -2.41. The van der Waals surface area contributed by atoms with Crippen molar-refractivity contribution in [2.75, 3.05) is 7.05 Å². The molecule has 1 N–H and O–H groups in total. The SMILES string of the molecule is CC1CCC=C2N(C)C=C(C(=O)NC(C)(C)C)C(=O)N21. The normalized spacial score (nSPS) is 23.1. The van der Waals surface area contributed by atoms with Crippen LogP contribution in [0.2, 0.25) is 0 Å². The minimum atomic E-state index is -0.361. The van der Waals surface area contributed by atoms with E-state index in [0.717, 1.165) is 18.7 Å². The van der Waals surface area contributed by atoms with E-state index in [-0.39, 0.29) is 29.0 Å². The molecule has 0 spiro atoms. The molecule has 2 heterocycles. The predicted octanol–water partition coefficient (Wildman–Crippen LogP) is 1.58. The quantitative estimate of drug-likeness (QED) is 0.740. The molecule has 2 amide bonds. The zero-order valence-corrected chi connectivity index (χ0v) is 12.9. The van der Waals surface area contributed by atoms with Crippen LogP contribution in [0.5, 0.6) is 0 Å². The molecule has 0 aliphatic carbocycles. The molecule has 20 heavy (non-hydrogen) atoms. The molecule has 5 heteroatoms. The van der Waals surface area contributed by atoms with Crippen molar-refractivity contribution in [2.24, 2.45) is 0 Å². The van der Waals surface area contributed by atoms with Crippen LogP contribution < -0.4 is 5.32 Å². The smallest absolute Gasteiger partial charge is 0.266 e. The Bertz CT molecular complexity index is 500. The first-order valence-corrected chi connectivity index (χ1v) is 7.01. The maximum absolute atomic E-state index is 12.6. The summed E-state index contributed by atoms with van der Waals surface area (Å²) in [7, 11) is 1.87. The minimum Gasteiger partial charge on any atom is -0.347 e. The number of nitrogens with zero attached hydrogens (tertiary/aromatic N) is 2. The summed E-state index contributed by atoms with van der Waals surface area (Å²) in [6.45, 7) is 7.72. The van der Waals surface area contributed by atoms with Gasteiger partial charge in [-0.1, -0.05) is 0 Å². The lowest BCUT2D eigenvalue weighted by atomic mass is 10.0. The van der Waals surface area contributed by atoms with E-state index < -0.39 is 0 Å². The molecule has 0 aromatic carbocycles. The Hall–Kier alpha value is -1.78. The van der Waals surface area contributed by atoms with Crippen LogP contribution in [-0.2, 0) is 9.59 Å². The Morgan fingerprint density at radius 3 is 2.65 bits per heavy atom. The van der Waals surface area contributed by atoms with Crippen molar-refractivity contribution < 1.29 is 9.59 Å². The van der Waals surface area contributed by atoms with Crippen molar-refractivity contribution in [3.63, 3.8) is 0 Å². The van der Waals surface area contributed by atoms with Crippen LogP contribution in [0, 0.1) is 0 Å². The van der Waals surface area contributed by atoms with E-state index in [9.17, 15) is 9.59 Å². The van der Waals surface area contributed by atoms with Crippen molar-refractivity contribution in [1.82, 2.24) is 15.1 Å². The predicted molar refractivity (Wildman–Crippen MR) is 77.4 cm³/mol. The number of rotatable bonds is 1. The second-order valence-corrected chi connectivity index (χ2v) is 6.52. The fourth-order valence-electron chi connectivity index (χ4n) is 2.53. The zero-order chi connectivity index (χ0) is 15.1. The molecule has 0 radical (unpaired) electrons. The Morgan fingerprint density at radius 1 is 1.40 bits per heavy atom. The van der Waals surface area contributed by atoms with Gasteiger partial charge in [0.25, 0.3) is 11.8 Å². The molecule has 2 aliphatic rings. The monoisotopic (exact) mass is 277 g/mol. The number of allylic oxidation sites excluding steroid dienone is 1. The molecule has 0 fully saturated rings. The summed E-state index contributed by atoms with van der Waals surface area (Å²) >= 11 is 0. The second-order valence-electron chi connectivity index (χ2n) is 6.52. The van der Waals surface area contributed by atoms with Crippen LogP contribution in [0.15, 0.2) is 23.7 Å². The van der Waals surface area contributed by atoms with Crippen molar-refractivity contribution in [3.8, 4) is 0 Å². The molecule has 0 aromatic rings. The van der Waals surface area contributed by atoms with Gasteiger partial charge in [0, 0.05) is 24.8 Å². The Balaban J connectivity index is 2.32. The molecular weight excluding hydrogens is 254 g/mol. The molecule has 0 saturated heterocycles. The van der Waals surface area contributed by atoms with Crippen LogP contribution in [-0.4, -0.2) is 40.2 Å². The van der Waals surface area contributed by atoms with Crippen LogP contribution >= 0.6 is 0 Å². The van der Waals surface area contributed by atoms with Crippen molar-refractivity contribution in [1.29, 1.82) is 0 Å². The third-order valence-corrected chi connectivity index (χ3v) is 3.47. The van der Waals surface area contributed by atoms with E-state index in [1.165, 1.54) is 0 Å². The average Bonchev–Trinajstić information content (AvgIpc) is 2.31. The highest BCUT2D eigenvalue weighted by molar-refractivity contribution is 6.19. The maximum Gasteiger partial charge on any atom is 0.266 e. The van der Waals surface area contributed by atoms with E-state index in [2.05, 4.69) is 5.32 Å². The van der Waals surface area contributed by atoms with E-state index in [0.29, 0.717) is 0 Å².